The Kier molecular flexibility index (Phi) is 15.8. The van der Waals surface area contributed by atoms with Gasteiger partial charge in [-0.05, 0) is 118 Å². The molecule has 0 spiro atoms. The molecule has 2 atom stereocenters. The number of nitrogens with one attached hydrogen (secondary N) is 4. The second-order valence-corrected chi connectivity index (χ2v) is 13.9. The summed E-state index contributed by atoms with van der Waals surface area (Å²) in [6.07, 6.45) is 1.18. The molecule has 0 aromatic heterocycles. The third-order valence-corrected chi connectivity index (χ3v) is 5.79. The van der Waals surface area contributed by atoms with Gasteiger partial charge in [0.1, 0.15) is 28.9 Å². The van der Waals surface area contributed by atoms with Crippen LogP contribution in [0.5, 0.6) is 0 Å². The summed E-state index contributed by atoms with van der Waals surface area (Å²) in [4.78, 5) is 54.0. The lowest BCUT2D eigenvalue weighted by Crippen LogP contribution is -2.53. The monoisotopic (exact) mass is 663 g/mol. The number of hydrogen-bond acceptors (Lipinski definition) is 9. The van der Waals surface area contributed by atoms with Crippen molar-refractivity contribution in [3.05, 3.63) is 34.7 Å². The van der Waals surface area contributed by atoms with Gasteiger partial charge in [-0.1, -0.05) is 17.2 Å². The lowest BCUT2D eigenvalue weighted by atomic mass is 10.1. The zero-order valence-corrected chi connectivity index (χ0v) is 29.1. The van der Waals surface area contributed by atoms with Crippen LogP contribution < -0.4 is 21.3 Å². The summed E-state index contributed by atoms with van der Waals surface area (Å²) in [6, 6.07) is 3.80. The van der Waals surface area contributed by atoms with E-state index in [0.29, 0.717) is 35.9 Å². The van der Waals surface area contributed by atoms with E-state index in [4.69, 9.17) is 32.0 Å². The van der Waals surface area contributed by atoms with Gasteiger partial charge in [0.2, 0.25) is 0 Å². The number of nitrogens with zero attached hydrogens (tertiary/aromatic N) is 3. The molecule has 15 heteroatoms. The molecule has 1 aromatic rings. The highest BCUT2D eigenvalue weighted by Gasteiger charge is 2.31. The van der Waals surface area contributed by atoms with E-state index in [1.165, 1.54) is 0 Å². The van der Waals surface area contributed by atoms with Gasteiger partial charge in [-0.2, -0.15) is 0 Å². The van der Waals surface area contributed by atoms with E-state index in [0.717, 1.165) is 0 Å². The Morgan fingerprint density at radius 3 is 1.78 bits per heavy atom. The fraction of sp³-hybridized carbons (Fsp3) is 0.645. The largest absolute Gasteiger partial charge is 0.460 e. The smallest absolute Gasteiger partial charge is 0.329 e. The second kappa shape index (κ2) is 18.1. The number of hydrogen-bond donors (Lipinski definition) is 4. The standard InChI is InChI=1S/C31H49N7O7S/c1-29(2,3)43-24(39)18-17-23(26(41)45-31(7,8)9)36-27(42)35-22(25(40)44-30(4,5)6)12-10-11-19-33-28(46)34-20-13-15-21(16-14-20)37-38-32/h13-16,22-23H,10-12,17-19H2,1-9H3,(H2,33,34,46)(H2,35,36,42)/t22-,23-/m0/s1. The fourth-order valence-corrected chi connectivity index (χ4v) is 3.99. The quantitative estimate of drug-likeness (QED) is 0.0353. The van der Waals surface area contributed by atoms with E-state index in [9.17, 15) is 19.2 Å². The molecule has 1 rings (SSSR count). The summed E-state index contributed by atoms with van der Waals surface area (Å²) in [7, 11) is 0. The maximum Gasteiger partial charge on any atom is 0.329 e. The minimum atomic E-state index is -1.17. The van der Waals surface area contributed by atoms with Crippen molar-refractivity contribution in [1.29, 1.82) is 0 Å². The SMILES string of the molecule is CC(C)(C)OC(=O)CC[C@H](NC(=O)N[C@@H](CCCCNC(=S)Nc1ccc(N=[N+]=[N-])cc1)C(=O)OC(C)(C)C)C(=O)OC(C)(C)C. The number of thiocarbonyl (C=S) groups is 1. The third-order valence-electron chi connectivity index (χ3n) is 5.54. The summed E-state index contributed by atoms with van der Waals surface area (Å²) < 4.78 is 16.3. The van der Waals surface area contributed by atoms with E-state index in [2.05, 4.69) is 31.3 Å². The predicted octanol–water partition coefficient (Wildman–Crippen LogP) is 5.93. The van der Waals surface area contributed by atoms with Crippen molar-refractivity contribution in [2.24, 2.45) is 5.11 Å². The molecule has 2 amide bonds. The Hall–Kier alpha value is -4.10. The number of benzene rings is 1. The predicted molar refractivity (Wildman–Crippen MR) is 179 cm³/mol. The molecular weight excluding hydrogens is 614 g/mol. The van der Waals surface area contributed by atoms with Crippen molar-refractivity contribution in [1.82, 2.24) is 16.0 Å². The number of rotatable bonds is 14. The summed E-state index contributed by atoms with van der Waals surface area (Å²) in [6.45, 7) is 15.9. The maximum absolute atomic E-state index is 13.1. The van der Waals surface area contributed by atoms with Gasteiger partial charge in [0.25, 0.3) is 0 Å². The number of carbonyl (C=O) groups is 4. The molecule has 0 aliphatic carbocycles. The molecule has 0 radical (unpaired) electrons. The molecule has 0 heterocycles. The zero-order chi connectivity index (χ0) is 35.1. The zero-order valence-electron chi connectivity index (χ0n) is 28.3. The van der Waals surface area contributed by atoms with Gasteiger partial charge < -0.3 is 35.5 Å². The van der Waals surface area contributed by atoms with Crippen LogP contribution in [0.25, 0.3) is 10.4 Å². The van der Waals surface area contributed by atoms with Crippen LogP contribution in [0.4, 0.5) is 16.2 Å². The lowest BCUT2D eigenvalue weighted by Gasteiger charge is -2.27. The third kappa shape index (κ3) is 18.6. The van der Waals surface area contributed by atoms with Gasteiger partial charge in [0.15, 0.2) is 5.11 Å². The number of carbonyl (C=O) groups excluding carboxylic acids is 4. The molecule has 0 fully saturated rings. The Bertz CT molecular complexity index is 1250. The van der Waals surface area contributed by atoms with Gasteiger partial charge in [-0.25, -0.2) is 14.4 Å². The summed E-state index contributed by atoms with van der Waals surface area (Å²) in [5.41, 5.74) is 7.38. The van der Waals surface area contributed by atoms with Crippen molar-refractivity contribution in [2.45, 2.75) is 123 Å². The Labute approximate surface area is 276 Å². The highest BCUT2D eigenvalue weighted by atomic mass is 32.1. The van der Waals surface area contributed by atoms with Crippen LogP contribution in [0, 0.1) is 0 Å². The van der Waals surface area contributed by atoms with E-state index in [1.807, 2.05) is 0 Å². The number of anilines is 1. The van der Waals surface area contributed by atoms with Crippen LogP contribution >= 0.6 is 12.2 Å². The van der Waals surface area contributed by atoms with E-state index in [1.54, 1.807) is 86.6 Å². The van der Waals surface area contributed by atoms with Gasteiger partial charge in [-0.15, -0.1) is 0 Å². The molecule has 0 unspecified atom stereocenters. The van der Waals surface area contributed by atoms with Crippen LogP contribution in [0.2, 0.25) is 0 Å². The average molecular weight is 664 g/mol. The molecule has 0 saturated carbocycles. The fourth-order valence-electron chi connectivity index (χ4n) is 3.77. The molecule has 256 valence electrons. The van der Waals surface area contributed by atoms with E-state index >= 15 is 0 Å². The molecule has 14 nitrogen and oxygen atoms in total. The summed E-state index contributed by atoms with van der Waals surface area (Å²) in [5, 5.41) is 15.2. The number of ether oxygens (including phenoxy) is 3. The number of azide groups is 1. The first kappa shape index (κ1) is 39.9. The van der Waals surface area contributed by atoms with Crippen molar-refractivity contribution in [3.8, 4) is 0 Å². The Morgan fingerprint density at radius 1 is 0.804 bits per heavy atom. The molecule has 4 N–H and O–H groups in total. The minimum absolute atomic E-state index is 0.0636. The van der Waals surface area contributed by atoms with E-state index < -0.39 is 52.8 Å². The summed E-state index contributed by atoms with van der Waals surface area (Å²) in [5.74, 6) is -1.87. The van der Waals surface area contributed by atoms with Gasteiger partial charge in [-0.3, -0.25) is 4.79 Å². The first-order valence-electron chi connectivity index (χ1n) is 15.1. The topological polar surface area (TPSA) is 193 Å². The van der Waals surface area contributed by atoms with Gasteiger partial charge in [0, 0.05) is 29.3 Å². The summed E-state index contributed by atoms with van der Waals surface area (Å²) >= 11 is 5.33. The van der Waals surface area contributed by atoms with Crippen molar-refractivity contribution >= 4 is 52.6 Å². The van der Waals surface area contributed by atoms with Crippen LogP contribution in [0.15, 0.2) is 29.4 Å². The molecule has 0 aliphatic rings. The Balaban J connectivity index is 2.81. The van der Waals surface area contributed by atoms with Gasteiger partial charge in [0.05, 0.1) is 0 Å². The number of unbranched alkanes of at least 4 members (excludes halogenated alkanes) is 1. The highest BCUT2D eigenvalue weighted by molar-refractivity contribution is 7.80. The molecule has 1 aromatic carbocycles. The number of urea groups is 1. The average Bonchev–Trinajstić information content (AvgIpc) is 2.88. The highest BCUT2D eigenvalue weighted by Crippen LogP contribution is 2.17. The lowest BCUT2D eigenvalue weighted by molar-refractivity contribution is -0.159. The Morgan fingerprint density at radius 2 is 1.30 bits per heavy atom. The molecule has 46 heavy (non-hydrogen) atoms. The van der Waals surface area contributed by atoms with Gasteiger partial charge >= 0.3 is 23.9 Å². The van der Waals surface area contributed by atoms with E-state index in [-0.39, 0.29) is 19.3 Å². The molecule has 0 aliphatic heterocycles. The van der Waals surface area contributed by atoms with Crippen molar-refractivity contribution < 1.29 is 33.4 Å². The second-order valence-electron chi connectivity index (χ2n) is 13.5. The first-order chi connectivity index (χ1) is 21.2. The van der Waals surface area contributed by atoms with Crippen LogP contribution in [0.1, 0.15) is 94.4 Å². The number of amides is 2. The minimum Gasteiger partial charge on any atom is -0.460 e. The maximum atomic E-state index is 13.1. The van der Waals surface area contributed by atoms with Crippen LogP contribution in [-0.4, -0.2) is 64.5 Å². The normalized spacial score (nSPS) is 12.8. The molecular formula is C31H49N7O7S. The number of esters is 3. The first-order valence-corrected chi connectivity index (χ1v) is 15.5. The van der Waals surface area contributed by atoms with Crippen LogP contribution in [-0.2, 0) is 28.6 Å². The van der Waals surface area contributed by atoms with Crippen molar-refractivity contribution in [3.63, 3.8) is 0 Å². The van der Waals surface area contributed by atoms with Crippen LogP contribution in [0.3, 0.4) is 0 Å². The van der Waals surface area contributed by atoms with Crippen molar-refractivity contribution in [2.75, 3.05) is 11.9 Å². The molecule has 0 saturated heterocycles. The molecule has 0 bridgehead atoms.